The summed E-state index contributed by atoms with van der Waals surface area (Å²) < 4.78 is 45.0. The Morgan fingerprint density at radius 2 is 1.90 bits per heavy atom. The van der Waals surface area contributed by atoms with E-state index in [1.165, 1.54) is 31.4 Å². The molecule has 0 saturated heterocycles. The lowest BCUT2D eigenvalue weighted by molar-refractivity contribution is 0.411. The summed E-state index contributed by atoms with van der Waals surface area (Å²) in [7, 11) is -2.27. The van der Waals surface area contributed by atoms with E-state index in [1.54, 1.807) is 13.0 Å². The van der Waals surface area contributed by atoms with Crippen LogP contribution in [-0.2, 0) is 10.0 Å². The first-order chi connectivity index (χ1) is 9.83. The predicted octanol–water partition coefficient (Wildman–Crippen LogP) is 3.60. The van der Waals surface area contributed by atoms with Crippen molar-refractivity contribution in [1.29, 1.82) is 0 Å². The minimum atomic E-state index is -3.78. The van der Waals surface area contributed by atoms with Crippen LogP contribution in [0.4, 0.5) is 10.1 Å². The van der Waals surface area contributed by atoms with Crippen LogP contribution in [0.25, 0.3) is 0 Å². The van der Waals surface area contributed by atoms with Gasteiger partial charge in [-0.3, -0.25) is 4.72 Å². The first-order valence-electron chi connectivity index (χ1n) is 5.96. The Balaban J connectivity index is 2.33. The molecule has 0 atom stereocenters. The topological polar surface area (TPSA) is 55.4 Å². The van der Waals surface area contributed by atoms with Gasteiger partial charge in [-0.1, -0.05) is 11.6 Å². The third-order valence-corrected chi connectivity index (χ3v) is 4.52. The molecule has 0 heterocycles. The maximum atomic E-state index is 13.1. The molecule has 2 aromatic carbocycles. The molecule has 0 aliphatic carbocycles. The van der Waals surface area contributed by atoms with Gasteiger partial charge in [0.2, 0.25) is 0 Å². The summed E-state index contributed by atoms with van der Waals surface area (Å²) in [5, 5.41) is -0.152. The van der Waals surface area contributed by atoms with Gasteiger partial charge >= 0.3 is 0 Å². The molecule has 0 bridgehead atoms. The van der Waals surface area contributed by atoms with Crippen LogP contribution in [0.1, 0.15) is 5.56 Å². The lowest BCUT2D eigenvalue weighted by atomic mass is 10.2. The smallest absolute Gasteiger partial charge is 0.261 e. The highest BCUT2D eigenvalue weighted by Crippen LogP contribution is 2.25. The van der Waals surface area contributed by atoms with Crippen molar-refractivity contribution in [1.82, 2.24) is 0 Å². The molecule has 0 fully saturated rings. The van der Waals surface area contributed by atoms with E-state index in [0.29, 0.717) is 11.3 Å². The van der Waals surface area contributed by atoms with Gasteiger partial charge in [0, 0.05) is 0 Å². The molecule has 0 radical (unpaired) electrons. The van der Waals surface area contributed by atoms with Gasteiger partial charge in [-0.05, 0) is 48.9 Å². The van der Waals surface area contributed by atoms with E-state index < -0.39 is 15.8 Å². The lowest BCUT2D eigenvalue weighted by Gasteiger charge is -2.11. The number of benzene rings is 2. The van der Waals surface area contributed by atoms with E-state index in [-0.39, 0.29) is 15.6 Å². The fourth-order valence-electron chi connectivity index (χ4n) is 1.79. The van der Waals surface area contributed by atoms with Gasteiger partial charge < -0.3 is 4.74 Å². The fraction of sp³-hybridized carbons (Fsp3) is 0.143. The number of hydrogen-bond donors (Lipinski definition) is 1. The van der Waals surface area contributed by atoms with Crippen molar-refractivity contribution in [2.45, 2.75) is 11.8 Å². The predicted molar refractivity (Wildman–Crippen MR) is 79.9 cm³/mol. The van der Waals surface area contributed by atoms with Crippen molar-refractivity contribution in [3.8, 4) is 5.75 Å². The summed E-state index contributed by atoms with van der Waals surface area (Å²) in [4.78, 5) is 0.0845. The quantitative estimate of drug-likeness (QED) is 0.932. The zero-order chi connectivity index (χ0) is 15.6. The molecule has 0 aliphatic heterocycles. The molecular weight excluding hydrogens is 317 g/mol. The Labute approximate surface area is 127 Å². The van der Waals surface area contributed by atoms with Crippen LogP contribution in [0.5, 0.6) is 5.75 Å². The van der Waals surface area contributed by atoms with Crippen LogP contribution in [0.3, 0.4) is 0 Å². The number of hydrogen-bond acceptors (Lipinski definition) is 3. The van der Waals surface area contributed by atoms with E-state index in [0.717, 1.165) is 6.07 Å². The van der Waals surface area contributed by atoms with Crippen LogP contribution in [-0.4, -0.2) is 15.5 Å². The van der Waals surface area contributed by atoms with E-state index in [4.69, 9.17) is 16.3 Å². The molecule has 1 N–H and O–H groups in total. The second-order valence-electron chi connectivity index (χ2n) is 4.37. The number of ether oxygens (including phenoxy) is 1. The minimum absolute atomic E-state index is 0.0845. The second kappa shape index (κ2) is 5.91. The van der Waals surface area contributed by atoms with Gasteiger partial charge in [0.1, 0.15) is 11.6 Å². The lowest BCUT2D eigenvalue weighted by Crippen LogP contribution is -2.13. The van der Waals surface area contributed by atoms with Crippen molar-refractivity contribution >= 4 is 27.3 Å². The Kier molecular flexibility index (Phi) is 4.39. The normalized spacial score (nSPS) is 11.2. The number of methoxy groups -OCH3 is 1. The van der Waals surface area contributed by atoms with Crippen molar-refractivity contribution in [3.63, 3.8) is 0 Å². The van der Waals surface area contributed by atoms with E-state index >= 15 is 0 Å². The standard InChI is InChI=1S/C14H13ClFNO3S/c1-9-7-11(4-6-14(9)20-2)21(18,19)17-10-3-5-13(16)12(15)8-10/h3-8,17H,1-2H3. The number of anilines is 1. The third-order valence-electron chi connectivity index (χ3n) is 2.85. The third kappa shape index (κ3) is 3.46. The molecule has 2 aromatic rings. The number of rotatable bonds is 4. The molecule has 7 heteroatoms. The van der Waals surface area contributed by atoms with Crippen molar-refractivity contribution in [2.24, 2.45) is 0 Å². The average Bonchev–Trinajstić information content (AvgIpc) is 2.42. The van der Waals surface area contributed by atoms with E-state index in [9.17, 15) is 12.8 Å². The SMILES string of the molecule is COc1ccc(S(=O)(=O)Nc2ccc(F)c(Cl)c2)cc1C. The summed E-state index contributed by atoms with van der Waals surface area (Å²) in [5.41, 5.74) is 0.882. The first-order valence-corrected chi connectivity index (χ1v) is 7.82. The monoisotopic (exact) mass is 329 g/mol. The molecule has 0 aromatic heterocycles. The highest BCUT2D eigenvalue weighted by Gasteiger charge is 2.16. The fourth-order valence-corrected chi connectivity index (χ4v) is 3.11. The molecule has 0 aliphatic rings. The van der Waals surface area contributed by atoms with Crippen molar-refractivity contribution in [2.75, 3.05) is 11.8 Å². The maximum absolute atomic E-state index is 13.1. The first kappa shape index (κ1) is 15.6. The van der Waals surface area contributed by atoms with Gasteiger partial charge in [0.05, 0.1) is 22.7 Å². The summed E-state index contributed by atoms with van der Waals surface area (Å²) in [5.74, 6) is -0.0151. The zero-order valence-corrected chi connectivity index (χ0v) is 12.9. The highest BCUT2D eigenvalue weighted by molar-refractivity contribution is 7.92. The summed E-state index contributed by atoms with van der Waals surface area (Å²) in [6, 6.07) is 8.10. The van der Waals surface area contributed by atoms with Crippen LogP contribution in [0, 0.1) is 12.7 Å². The molecule has 4 nitrogen and oxygen atoms in total. The van der Waals surface area contributed by atoms with Crippen LogP contribution >= 0.6 is 11.6 Å². The molecular formula is C14H13ClFNO3S. The molecule has 2 rings (SSSR count). The molecule has 112 valence electrons. The van der Waals surface area contributed by atoms with E-state index in [2.05, 4.69) is 4.72 Å². The second-order valence-corrected chi connectivity index (χ2v) is 6.46. The molecule has 21 heavy (non-hydrogen) atoms. The number of nitrogens with one attached hydrogen (secondary N) is 1. The van der Waals surface area contributed by atoms with Gasteiger partial charge in [0.25, 0.3) is 10.0 Å². The van der Waals surface area contributed by atoms with Gasteiger partial charge in [-0.2, -0.15) is 0 Å². The summed E-state index contributed by atoms with van der Waals surface area (Å²) in [6.07, 6.45) is 0. The van der Waals surface area contributed by atoms with Crippen molar-refractivity contribution < 1.29 is 17.5 Å². The Morgan fingerprint density at radius 3 is 2.48 bits per heavy atom. The molecule has 0 spiro atoms. The number of sulfonamides is 1. The number of aryl methyl sites for hydroxylation is 1. The molecule has 0 amide bonds. The van der Waals surface area contributed by atoms with E-state index in [1.807, 2.05) is 0 Å². The minimum Gasteiger partial charge on any atom is -0.496 e. The highest BCUT2D eigenvalue weighted by atomic mass is 35.5. The number of halogens is 2. The Hall–Kier alpha value is -1.79. The maximum Gasteiger partial charge on any atom is 0.261 e. The Morgan fingerprint density at radius 1 is 1.19 bits per heavy atom. The van der Waals surface area contributed by atoms with Gasteiger partial charge in [-0.15, -0.1) is 0 Å². The van der Waals surface area contributed by atoms with Crippen LogP contribution < -0.4 is 9.46 Å². The molecule has 0 saturated carbocycles. The largest absolute Gasteiger partial charge is 0.496 e. The van der Waals surface area contributed by atoms with Crippen LogP contribution in [0.2, 0.25) is 5.02 Å². The average molecular weight is 330 g/mol. The van der Waals surface area contributed by atoms with Crippen LogP contribution in [0.15, 0.2) is 41.3 Å². The van der Waals surface area contributed by atoms with Gasteiger partial charge in [0.15, 0.2) is 0 Å². The van der Waals surface area contributed by atoms with Crippen molar-refractivity contribution in [3.05, 3.63) is 52.8 Å². The van der Waals surface area contributed by atoms with Gasteiger partial charge in [-0.25, -0.2) is 12.8 Å². The Bertz CT molecular complexity index is 778. The molecule has 0 unspecified atom stereocenters. The summed E-state index contributed by atoms with van der Waals surface area (Å²) in [6.45, 7) is 1.74. The zero-order valence-electron chi connectivity index (χ0n) is 11.4. The summed E-state index contributed by atoms with van der Waals surface area (Å²) >= 11 is 5.63.